The second-order valence-electron chi connectivity index (χ2n) is 12.4. The molecule has 0 saturated carbocycles. The van der Waals surface area contributed by atoms with Gasteiger partial charge in [-0.2, -0.15) is 0 Å². The third-order valence-electron chi connectivity index (χ3n) is 10.1. The molecule has 0 bridgehead atoms. The Labute approximate surface area is 238 Å². The molecule has 0 amide bonds. The van der Waals surface area contributed by atoms with Crippen molar-refractivity contribution in [3.05, 3.63) is 118 Å². The van der Waals surface area contributed by atoms with Crippen molar-refractivity contribution < 1.29 is 0 Å². The highest BCUT2D eigenvalue weighted by Crippen LogP contribution is 2.48. The van der Waals surface area contributed by atoms with Gasteiger partial charge in [-0.3, -0.25) is 0 Å². The first kappa shape index (κ1) is 24.2. The Hall–Kier alpha value is -3.64. The summed E-state index contributed by atoms with van der Waals surface area (Å²) in [6.07, 6.45) is 17.1. The molecule has 0 fully saturated rings. The largest absolute Gasteiger partial charge is 0.0876 e. The van der Waals surface area contributed by atoms with Crippen molar-refractivity contribution in [2.45, 2.75) is 77.0 Å². The molecule has 0 spiro atoms. The number of hydrogen-bond donors (Lipinski definition) is 0. The summed E-state index contributed by atoms with van der Waals surface area (Å²) in [5, 5.41) is 5.72. The zero-order valence-electron chi connectivity index (χ0n) is 23.7. The Morgan fingerprint density at radius 2 is 1.10 bits per heavy atom. The molecule has 8 rings (SSSR count). The highest BCUT2D eigenvalue weighted by atomic mass is 14.3. The fraction of sp³-hybridized carbons (Fsp3) is 0.300. The number of aryl methyl sites for hydroxylation is 3. The summed E-state index contributed by atoms with van der Waals surface area (Å²) in [6.45, 7) is 2.38. The summed E-state index contributed by atoms with van der Waals surface area (Å²) in [7, 11) is 0. The van der Waals surface area contributed by atoms with Crippen LogP contribution in [0.15, 0.2) is 84.9 Å². The van der Waals surface area contributed by atoms with Crippen LogP contribution in [0.1, 0.15) is 78.3 Å². The van der Waals surface area contributed by atoms with Crippen LogP contribution >= 0.6 is 0 Å². The number of fused-ring (bicyclic) bond motifs is 5. The average Bonchev–Trinajstić information content (AvgIpc) is 3.19. The van der Waals surface area contributed by atoms with Crippen molar-refractivity contribution in [3.8, 4) is 22.3 Å². The molecule has 40 heavy (non-hydrogen) atoms. The topological polar surface area (TPSA) is 0 Å². The van der Waals surface area contributed by atoms with Crippen LogP contribution in [-0.4, -0.2) is 0 Å². The van der Waals surface area contributed by atoms with E-state index in [1.54, 1.807) is 22.3 Å². The van der Waals surface area contributed by atoms with Gasteiger partial charge in [-0.25, -0.2) is 0 Å². The molecular weight excluding hydrogens is 480 g/mol. The van der Waals surface area contributed by atoms with E-state index in [1.165, 1.54) is 106 Å². The molecule has 0 heterocycles. The molecule has 0 saturated heterocycles. The van der Waals surface area contributed by atoms with E-state index in [9.17, 15) is 0 Å². The lowest BCUT2D eigenvalue weighted by Crippen LogP contribution is -2.06. The summed E-state index contributed by atoms with van der Waals surface area (Å²) in [5.41, 5.74) is 15.2. The van der Waals surface area contributed by atoms with Crippen molar-refractivity contribution in [3.63, 3.8) is 0 Å². The predicted octanol–water partition coefficient (Wildman–Crippen LogP) is 10.7. The lowest BCUT2D eigenvalue weighted by atomic mass is 9.78. The number of allylic oxidation sites excluding steroid dienone is 2. The zero-order chi connectivity index (χ0) is 26.6. The van der Waals surface area contributed by atoms with Gasteiger partial charge in [-0.15, -0.1) is 0 Å². The Morgan fingerprint density at radius 1 is 0.525 bits per heavy atom. The minimum absolute atomic E-state index is 0.443. The van der Waals surface area contributed by atoms with Gasteiger partial charge in [0.1, 0.15) is 0 Å². The van der Waals surface area contributed by atoms with Gasteiger partial charge in [0.2, 0.25) is 0 Å². The van der Waals surface area contributed by atoms with Crippen molar-refractivity contribution in [1.29, 1.82) is 0 Å². The lowest BCUT2D eigenvalue weighted by Gasteiger charge is -2.26. The summed E-state index contributed by atoms with van der Waals surface area (Å²) in [4.78, 5) is 0. The Balaban J connectivity index is 1.55. The van der Waals surface area contributed by atoms with E-state index in [-0.39, 0.29) is 0 Å². The standard InChI is InChI=1S/C40H38/c1-26-12-2-3-15-29-24-37-38(25-36(26)29)40(33-23-11-17-28-14-5-7-19-31(28)33)35-21-9-8-20-34(35)39(37)32-22-10-16-27-13-4-6-18-30(27)32/h2,8-12,16-17,20-26H,3-7,13-15,18-19H2,1H3. The Bertz CT molecular complexity index is 1810. The van der Waals surface area contributed by atoms with Crippen LogP contribution in [0.25, 0.3) is 43.8 Å². The van der Waals surface area contributed by atoms with Crippen LogP contribution in [-0.2, 0) is 32.1 Å². The maximum Gasteiger partial charge on any atom is -0.000748 e. The van der Waals surface area contributed by atoms with Gasteiger partial charge in [0.25, 0.3) is 0 Å². The zero-order valence-corrected chi connectivity index (χ0v) is 23.7. The van der Waals surface area contributed by atoms with Gasteiger partial charge in [0.15, 0.2) is 0 Å². The third-order valence-corrected chi connectivity index (χ3v) is 10.1. The molecule has 0 nitrogen and oxygen atoms in total. The van der Waals surface area contributed by atoms with Gasteiger partial charge in [-0.1, -0.05) is 85.8 Å². The summed E-state index contributed by atoms with van der Waals surface area (Å²) in [6, 6.07) is 28.8. The smallest absolute Gasteiger partial charge is 0.000748 e. The van der Waals surface area contributed by atoms with Crippen LogP contribution in [0, 0.1) is 0 Å². The normalized spacial score (nSPS) is 18.3. The SMILES string of the molecule is CC1C=CCCc2cc3c(-c4cccc5c4CCCC5)c4ccccc4c(-c4cccc5c4CCCC5)c3cc21. The van der Waals surface area contributed by atoms with Gasteiger partial charge < -0.3 is 0 Å². The van der Waals surface area contributed by atoms with Crippen LogP contribution < -0.4 is 0 Å². The van der Waals surface area contributed by atoms with Crippen LogP contribution in [0.4, 0.5) is 0 Å². The Morgan fingerprint density at radius 3 is 1.73 bits per heavy atom. The number of benzene rings is 5. The van der Waals surface area contributed by atoms with E-state index in [0.29, 0.717) is 5.92 Å². The second kappa shape index (κ2) is 9.77. The van der Waals surface area contributed by atoms with E-state index >= 15 is 0 Å². The van der Waals surface area contributed by atoms with Crippen LogP contribution in [0.2, 0.25) is 0 Å². The minimum Gasteiger partial charge on any atom is -0.0876 e. The van der Waals surface area contributed by atoms with Crippen LogP contribution in [0.5, 0.6) is 0 Å². The van der Waals surface area contributed by atoms with Crippen molar-refractivity contribution >= 4 is 21.5 Å². The maximum absolute atomic E-state index is 2.61. The highest BCUT2D eigenvalue weighted by molar-refractivity contribution is 6.22. The monoisotopic (exact) mass is 518 g/mol. The van der Waals surface area contributed by atoms with Gasteiger partial charge >= 0.3 is 0 Å². The number of hydrogen-bond acceptors (Lipinski definition) is 0. The molecular formula is C40H38. The molecule has 1 atom stereocenters. The molecule has 0 aromatic heterocycles. The molecule has 3 aliphatic carbocycles. The predicted molar refractivity (Wildman–Crippen MR) is 171 cm³/mol. The van der Waals surface area contributed by atoms with Crippen molar-refractivity contribution in [2.75, 3.05) is 0 Å². The second-order valence-corrected chi connectivity index (χ2v) is 12.4. The molecule has 1 unspecified atom stereocenters. The van der Waals surface area contributed by atoms with Crippen LogP contribution in [0.3, 0.4) is 0 Å². The lowest BCUT2D eigenvalue weighted by molar-refractivity contribution is 0.687. The summed E-state index contributed by atoms with van der Waals surface area (Å²) < 4.78 is 0. The molecule has 3 aliphatic rings. The van der Waals surface area contributed by atoms with E-state index in [1.807, 2.05) is 0 Å². The van der Waals surface area contributed by atoms with Gasteiger partial charge in [0, 0.05) is 0 Å². The van der Waals surface area contributed by atoms with E-state index in [0.717, 1.165) is 12.8 Å². The molecule has 0 N–H and O–H groups in total. The van der Waals surface area contributed by atoms with Crippen molar-refractivity contribution in [2.24, 2.45) is 0 Å². The molecule has 0 aliphatic heterocycles. The Kier molecular flexibility index (Phi) is 5.91. The minimum atomic E-state index is 0.443. The first-order chi connectivity index (χ1) is 19.8. The van der Waals surface area contributed by atoms with Gasteiger partial charge in [0.05, 0.1) is 0 Å². The third kappa shape index (κ3) is 3.80. The average molecular weight is 519 g/mol. The van der Waals surface area contributed by atoms with Crippen molar-refractivity contribution in [1.82, 2.24) is 0 Å². The first-order valence-electron chi connectivity index (χ1n) is 15.7. The maximum atomic E-state index is 2.61. The summed E-state index contributed by atoms with van der Waals surface area (Å²) in [5.74, 6) is 0.443. The highest BCUT2D eigenvalue weighted by Gasteiger charge is 2.25. The molecule has 5 aromatic rings. The van der Waals surface area contributed by atoms with E-state index in [2.05, 4.69) is 91.9 Å². The molecule has 0 heteroatoms. The quantitative estimate of drug-likeness (QED) is 0.161. The summed E-state index contributed by atoms with van der Waals surface area (Å²) >= 11 is 0. The first-order valence-corrected chi connectivity index (χ1v) is 15.7. The number of rotatable bonds is 2. The van der Waals surface area contributed by atoms with E-state index in [4.69, 9.17) is 0 Å². The fourth-order valence-electron chi connectivity index (χ4n) is 8.18. The van der Waals surface area contributed by atoms with Gasteiger partial charge in [-0.05, 0) is 153 Å². The molecule has 198 valence electrons. The fourth-order valence-corrected chi connectivity index (χ4v) is 8.18. The molecule has 5 aromatic carbocycles. The van der Waals surface area contributed by atoms with E-state index < -0.39 is 0 Å². The molecule has 0 radical (unpaired) electrons.